The lowest BCUT2D eigenvalue weighted by Gasteiger charge is -2.08. The van der Waals surface area contributed by atoms with E-state index >= 15 is 0 Å². The van der Waals surface area contributed by atoms with Crippen LogP contribution in [0.25, 0.3) is 27.8 Å². The first-order chi connectivity index (χ1) is 12.9. The molecule has 2 aromatic heterocycles. The van der Waals surface area contributed by atoms with Gasteiger partial charge in [-0.1, -0.05) is 54.2 Å². The van der Waals surface area contributed by atoms with Crippen molar-refractivity contribution >= 4 is 46.2 Å². The SMILES string of the molecule is Cl.c1ccc(-n2c(SCc3nc4ccccc4[nH]3)nc3ccccc32)cc1. The molecular weight excluding hydrogens is 376 g/mol. The summed E-state index contributed by atoms with van der Waals surface area (Å²) in [6.45, 7) is 0. The third-order valence-electron chi connectivity index (χ3n) is 4.32. The Balaban J connectivity index is 0.00000180. The number of aromatic nitrogens is 4. The first-order valence-electron chi connectivity index (χ1n) is 8.48. The van der Waals surface area contributed by atoms with Crippen molar-refractivity contribution in [1.82, 2.24) is 19.5 Å². The number of thioether (sulfide) groups is 1. The molecule has 2 heterocycles. The maximum atomic E-state index is 4.84. The maximum absolute atomic E-state index is 4.84. The summed E-state index contributed by atoms with van der Waals surface area (Å²) in [6.07, 6.45) is 0. The van der Waals surface area contributed by atoms with Gasteiger partial charge in [0.25, 0.3) is 0 Å². The molecular formula is C21H17ClN4S. The Kier molecular flexibility index (Phi) is 4.88. The van der Waals surface area contributed by atoms with Gasteiger partial charge in [0.1, 0.15) is 5.82 Å². The van der Waals surface area contributed by atoms with Gasteiger partial charge in [0.05, 0.1) is 27.8 Å². The summed E-state index contributed by atoms with van der Waals surface area (Å²) in [4.78, 5) is 12.9. The van der Waals surface area contributed by atoms with Crippen LogP contribution >= 0.6 is 24.2 Å². The minimum absolute atomic E-state index is 0. The second-order valence-corrected chi connectivity index (χ2v) is 6.99. The van der Waals surface area contributed by atoms with Crippen LogP contribution in [0.4, 0.5) is 0 Å². The van der Waals surface area contributed by atoms with Gasteiger partial charge in [0.15, 0.2) is 5.16 Å². The number of nitrogens with one attached hydrogen (secondary N) is 1. The largest absolute Gasteiger partial charge is 0.341 e. The van der Waals surface area contributed by atoms with Crippen LogP contribution in [0.3, 0.4) is 0 Å². The Morgan fingerprint density at radius 3 is 2.30 bits per heavy atom. The second-order valence-electron chi connectivity index (χ2n) is 6.04. The molecule has 0 saturated carbocycles. The van der Waals surface area contributed by atoms with Crippen molar-refractivity contribution in [2.75, 3.05) is 0 Å². The number of benzene rings is 3. The van der Waals surface area contributed by atoms with E-state index in [1.807, 2.05) is 30.3 Å². The van der Waals surface area contributed by atoms with Crippen molar-refractivity contribution in [3.05, 3.63) is 84.7 Å². The van der Waals surface area contributed by atoms with Gasteiger partial charge in [-0.3, -0.25) is 4.57 Å². The number of fused-ring (bicyclic) bond motifs is 2. The number of para-hydroxylation sites is 5. The number of hydrogen-bond donors (Lipinski definition) is 1. The number of rotatable bonds is 4. The fourth-order valence-corrected chi connectivity index (χ4v) is 4.03. The Morgan fingerprint density at radius 1 is 0.778 bits per heavy atom. The summed E-state index contributed by atoms with van der Waals surface area (Å²) in [5, 5.41) is 0.970. The van der Waals surface area contributed by atoms with Crippen molar-refractivity contribution in [2.45, 2.75) is 10.9 Å². The first kappa shape index (κ1) is 17.6. The summed E-state index contributed by atoms with van der Waals surface area (Å²) < 4.78 is 2.21. The fraction of sp³-hybridized carbons (Fsp3) is 0.0476. The third kappa shape index (κ3) is 3.31. The maximum Gasteiger partial charge on any atom is 0.174 e. The van der Waals surface area contributed by atoms with Gasteiger partial charge in [-0.05, 0) is 36.4 Å². The molecule has 0 saturated heterocycles. The number of aromatic amines is 1. The normalized spacial score (nSPS) is 11.0. The van der Waals surface area contributed by atoms with E-state index in [1.54, 1.807) is 11.8 Å². The van der Waals surface area contributed by atoms with Crippen LogP contribution in [-0.4, -0.2) is 19.5 Å². The van der Waals surface area contributed by atoms with E-state index in [4.69, 9.17) is 4.98 Å². The molecule has 0 aliphatic carbocycles. The molecule has 5 rings (SSSR count). The van der Waals surface area contributed by atoms with Crippen LogP contribution in [0.2, 0.25) is 0 Å². The number of nitrogens with zero attached hydrogens (tertiary/aromatic N) is 3. The monoisotopic (exact) mass is 392 g/mol. The molecule has 6 heteroatoms. The highest BCUT2D eigenvalue weighted by Crippen LogP contribution is 2.29. The highest BCUT2D eigenvalue weighted by molar-refractivity contribution is 7.98. The Morgan fingerprint density at radius 2 is 1.48 bits per heavy atom. The van der Waals surface area contributed by atoms with Crippen LogP contribution in [0, 0.1) is 0 Å². The molecule has 0 spiro atoms. The van der Waals surface area contributed by atoms with Gasteiger partial charge in [0, 0.05) is 5.69 Å². The van der Waals surface area contributed by atoms with Gasteiger partial charge in [-0.25, -0.2) is 9.97 Å². The van der Waals surface area contributed by atoms with E-state index < -0.39 is 0 Å². The molecule has 0 radical (unpaired) electrons. The van der Waals surface area contributed by atoms with E-state index in [1.165, 1.54) is 0 Å². The summed E-state index contributed by atoms with van der Waals surface area (Å²) in [5.74, 6) is 1.70. The molecule has 27 heavy (non-hydrogen) atoms. The van der Waals surface area contributed by atoms with E-state index in [2.05, 4.69) is 63.1 Å². The average molecular weight is 393 g/mol. The summed E-state index contributed by atoms with van der Waals surface area (Å²) >= 11 is 1.69. The zero-order chi connectivity index (χ0) is 17.3. The molecule has 5 aromatic rings. The standard InChI is InChI=1S/C21H16N4S.ClH/c1-2-8-15(9-3-1)25-19-13-7-6-12-18(19)24-21(25)26-14-20-22-16-10-4-5-11-17(16)23-20;/h1-13H,14H2,(H,22,23);1H. The van der Waals surface area contributed by atoms with Gasteiger partial charge < -0.3 is 4.98 Å². The molecule has 4 nitrogen and oxygen atoms in total. The van der Waals surface area contributed by atoms with Crippen LogP contribution in [-0.2, 0) is 5.75 Å². The van der Waals surface area contributed by atoms with Crippen LogP contribution < -0.4 is 0 Å². The lowest BCUT2D eigenvalue weighted by atomic mass is 10.3. The molecule has 0 aliphatic heterocycles. The minimum Gasteiger partial charge on any atom is -0.341 e. The Labute approximate surface area is 167 Å². The molecule has 0 atom stereocenters. The molecule has 0 bridgehead atoms. The van der Waals surface area contributed by atoms with Crippen molar-refractivity contribution in [2.24, 2.45) is 0 Å². The van der Waals surface area contributed by atoms with E-state index in [0.717, 1.165) is 44.5 Å². The molecule has 1 N–H and O–H groups in total. The number of imidazole rings is 2. The predicted molar refractivity (Wildman–Crippen MR) is 114 cm³/mol. The van der Waals surface area contributed by atoms with Crippen molar-refractivity contribution in [3.8, 4) is 5.69 Å². The molecule has 0 aliphatic rings. The van der Waals surface area contributed by atoms with Crippen LogP contribution in [0.5, 0.6) is 0 Å². The highest BCUT2D eigenvalue weighted by atomic mass is 35.5. The van der Waals surface area contributed by atoms with E-state index in [0.29, 0.717) is 0 Å². The molecule has 134 valence electrons. The van der Waals surface area contributed by atoms with Crippen molar-refractivity contribution in [3.63, 3.8) is 0 Å². The van der Waals surface area contributed by atoms with Gasteiger partial charge in [-0.2, -0.15) is 0 Å². The highest BCUT2D eigenvalue weighted by Gasteiger charge is 2.13. The van der Waals surface area contributed by atoms with Gasteiger partial charge in [-0.15, -0.1) is 12.4 Å². The van der Waals surface area contributed by atoms with Crippen molar-refractivity contribution in [1.29, 1.82) is 0 Å². The topological polar surface area (TPSA) is 46.5 Å². The minimum atomic E-state index is 0. The first-order valence-corrected chi connectivity index (χ1v) is 9.46. The molecule has 0 fully saturated rings. The van der Waals surface area contributed by atoms with Gasteiger partial charge >= 0.3 is 0 Å². The molecule has 3 aromatic carbocycles. The lowest BCUT2D eigenvalue weighted by Crippen LogP contribution is -1.96. The van der Waals surface area contributed by atoms with Crippen LogP contribution in [0.15, 0.2) is 84.0 Å². The number of H-pyrrole nitrogens is 1. The second kappa shape index (κ2) is 7.47. The molecule has 0 amide bonds. The average Bonchev–Trinajstić information content (AvgIpc) is 3.27. The predicted octanol–water partition coefficient (Wildman–Crippen LogP) is 5.62. The van der Waals surface area contributed by atoms with Crippen LogP contribution in [0.1, 0.15) is 5.82 Å². The fourth-order valence-electron chi connectivity index (χ4n) is 3.13. The Hall–Kier alpha value is -2.76. The lowest BCUT2D eigenvalue weighted by molar-refractivity contribution is 0.917. The van der Waals surface area contributed by atoms with E-state index in [9.17, 15) is 0 Å². The quantitative estimate of drug-likeness (QED) is 0.404. The smallest absolute Gasteiger partial charge is 0.174 e. The molecule has 0 unspecified atom stereocenters. The van der Waals surface area contributed by atoms with Gasteiger partial charge in [0.2, 0.25) is 0 Å². The summed E-state index contributed by atoms with van der Waals surface area (Å²) in [5.41, 5.74) is 5.31. The zero-order valence-corrected chi connectivity index (χ0v) is 16.0. The van der Waals surface area contributed by atoms with Crippen molar-refractivity contribution < 1.29 is 0 Å². The van der Waals surface area contributed by atoms with E-state index in [-0.39, 0.29) is 12.4 Å². The number of hydrogen-bond acceptors (Lipinski definition) is 3. The summed E-state index contributed by atoms with van der Waals surface area (Å²) in [7, 11) is 0. The summed E-state index contributed by atoms with van der Waals surface area (Å²) in [6, 6.07) is 26.7. The number of halogens is 1. The zero-order valence-electron chi connectivity index (χ0n) is 14.4. The third-order valence-corrected chi connectivity index (χ3v) is 5.27. The Bertz CT molecular complexity index is 1160.